The quantitative estimate of drug-likeness (QED) is 0.0170. The predicted molar refractivity (Wildman–Crippen MR) is 308 cm³/mol. The van der Waals surface area contributed by atoms with E-state index in [4.69, 9.17) is 42.0 Å². The van der Waals surface area contributed by atoms with Gasteiger partial charge in [0.1, 0.15) is 17.2 Å². The number of hydrogen-bond acceptors (Lipinski definition) is 16. The van der Waals surface area contributed by atoms with Crippen molar-refractivity contribution in [3.05, 3.63) is 162 Å². The third kappa shape index (κ3) is 24.3. The molecular weight excluding hydrogens is 1040 g/mol. The number of aryl methyl sites for hydroxylation is 3. The Morgan fingerprint density at radius 2 is 0.537 bits per heavy atom. The summed E-state index contributed by atoms with van der Waals surface area (Å²) in [5.74, 6) is -2.24. The fourth-order valence-electron chi connectivity index (χ4n) is 8.69. The van der Waals surface area contributed by atoms with Crippen molar-refractivity contribution < 1.29 is 75.3 Å². The van der Waals surface area contributed by atoms with Crippen molar-refractivity contribution in [1.29, 1.82) is 0 Å². The Bertz CT molecular complexity index is 2380. The molecule has 0 radical (unpaired) electrons. The van der Waals surface area contributed by atoms with E-state index in [1.54, 1.807) is 18.2 Å². The van der Waals surface area contributed by atoms with Crippen LogP contribution in [0, 0.1) is 20.8 Å². The molecule has 0 aliphatic rings. The zero-order chi connectivity index (χ0) is 58.7. The first kappa shape index (κ1) is 66.8. The first-order valence-electron chi connectivity index (χ1n) is 27.3. The van der Waals surface area contributed by atoms with E-state index in [1.165, 1.54) is 0 Å². The van der Waals surface area contributed by atoms with Gasteiger partial charge in [0.05, 0.1) is 39.6 Å². The van der Waals surface area contributed by atoms with Crippen LogP contribution in [0.3, 0.4) is 0 Å². The Morgan fingerprint density at radius 3 is 0.738 bits per heavy atom. The lowest BCUT2D eigenvalue weighted by Gasteiger charge is -2.25. The molecule has 0 heterocycles. The zero-order valence-electron chi connectivity index (χ0n) is 47.1. The second-order valence-corrected chi connectivity index (χ2v) is 20.1. The predicted octanol–water partition coefficient (Wildman–Crippen LogP) is 12.6. The Hall–Kier alpha value is -7.45. The molecule has 0 saturated carbocycles. The molecule has 3 rings (SSSR count). The fourth-order valence-corrected chi connectivity index (χ4v) is 10.1. The van der Waals surface area contributed by atoms with Crippen LogP contribution in [0.4, 0.5) is 0 Å². The summed E-state index contributed by atoms with van der Waals surface area (Å²) in [6.07, 6.45) is 17.8. The molecule has 0 unspecified atom stereocenters. The van der Waals surface area contributed by atoms with E-state index in [1.807, 2.05) is 39.0 Å². The molecule has 80 heavy (non-hydrogen) atoms. The third-order valence-electron chi connectivity index (χ3n) is 13.0. The third-order valence-corrected chi connectivity index (χ3v) is 14.3. The van der Waals surface area contributed by atoms with Crippen molar-refractivity contribution in [2.75, 3.05) is 39.6 Å². The molecule has 17 heteroatoms. The molecular formula is C63H81O16P. The van der Waals surface area contributed by atoms with E-state index in [9.17, 15) is 28.8 Å². The second kappa shape index (κ2) is 37.4. The molecule has 0 aliphatic carbocycles. The summed E-state index contributed by atoms with van der Waals surface area (Å²) in [6.45, 7) is 27.7. The summed E-state index contributed by atoms with van der Waals surface area (Å²) in [6, 6.07) is 11.0. The topological polar surface area (TPSA) is 203 Å². The van der Waals surface area contributed by atoms with Gasteiger partial charge in [0.25, 0.3) is 0 Å². The van der Waals surface area contributed by atoms with Crippen molar-refractivity contribution in [3.8, 4) is 17.2 Å². The first-order valence-corrected chi connectivity index (χ1v) is 28.8. The minimum Gasteiger partial charge on any atom is -0.463 e. The first-order chi connectivity index (χ1) is 38.5. The standard InChI is InChI=1S/C63H81O16P/c1-10-58(64)71-40-22-16-28-49-34-37-55(46(7)52(49)31-19-25-43-74-61(67)13-4)77-80(70,78-56-38-35-50(29-17-23-41-72-59(65)11-2)53(47(56)8)32-20-26-44-75-62(68)14-5)79-57-39-36-51(30-18-24-42-73-60(66)12-3)54(48(57)9)33-21-27-45-76-63(69)15-6/h10-15,34-39H,1-6,16-33,40-45H2,7-9H3. The molecule has 3 aromatic rings. The molecule has 0 fully saturated rings. The molecule has 0 aliphatic heterocycles. The van der Waals surface area contributed by atoms with Crippen LogP contribution in [0.5, 0.6) is 17.2 Å². The molecule has 0 saturated heterocycles. The fraction of sp³-hybridized carbons (Fsp3) is 0.429. The Morgan fingerprint density at radius 1 is 0.338 bits per heavy atom. The molecule has 0 bridgehead atoms. The van der Waals surface area contributed by atoms with Gasteiger partial charge in [-0.2, -0.15) is 4.57 Å². The number of rotatable bonds is 42. The maximum absolute atomic E-state index is 15.9. The molecule has 3 aromatic carbocycles. The van der Waals surface area contributed by atoms with Crippen LogP contribution < -0.4 is 13.6 Å². The molecule has 0 amide bonds. The summed E-state index contributed by atoms with van der Waals surface area (Å²) in [4.78, 5) is 70.6. The lowest BCUT2D eigenvalue weighted by atomic mass is 9.93. The van der Waals surface area contributed by atoms with E-state index < -0.39 is 43.6 Å². The maximum atomic E-state index is 15.9. The van der Waals surface area contributed by atoms with Gasteiger partial charge in [0, 0.05) is 36.5 Å². The average molecular weight is 1130 g/mol. The van der Waals surface area contributed by atoms with Gasteiger partial charge < -0.3 is 42.0 Å². The number of hydrogen-bond donors (Lipinski definition) is 0. The normalized spacial score (nSPS) is 10.8. The number of ether oxygens (including phenoxy) is 6. The monoisotopic (exact) mass is 1120 g/mol. The van der Waals surface area contributed by atoms with Gasteiger partial charge >= 0.3 is 43.6 Å². The van der Waals surface area contributed by atoms with Crippen LogP contribution >= 0.6 is 7.82 Å². The number of benzene rings is 3. The Balaban J connectivity index is 2.19. The minimum absolute atomic E-state index is 0.197. The highest BCUT2D eigenvalue weighted by atomic mass is 31.2. The van der Waals surface area contributed by atoms with Gasteiger partial charge in [0.2, 0.25) is 0 Å². The largest absolute Gasteiger partial charge is 0.647 e. The highest BCUT2D eigenvalue weighted by molar-refractivity contribution is 7.49. The Kier molecular flexibility index (Phi) is 31.3. The number of phosphoric acid groups is 1. The highest BCUT2D eigenvalue weighted by Gasteiger charge is 2.36. The van der Waals surface area contributed by atoms with Crippen LogP contribution in [0.15, 0.2) is 112 Å². The summed E-state index contributed by atoms with van der Waals surface area (Å²) in [7, 11) is -4.72. The minimum atomic E-state index is -4.72. The highest BCUT2D eigenvalue weighted by Crippen LogP contribution is 2.53. The zero-order valence-corrected chi connectivity index (χ0v) is 48.0. The van der Waals surface area contributed by atoms with E-state index in [0.717, 1.165) is 69.8 Å². The van der Waals surface area contributed by atoms with Gasteiger partial charge in [-0.05, 0) is 205 Å². The summed E-state index contributed by atoms with van der Waals surface area (Å²) >= 11 is 0. The van der Waals surface area contributed by atoms with Crippen molar-refractivity contribution >= 4 is 43.6 Å². The van der Waals surface area contributed by atoms with Gasteiger partial charge in [-0.15, -0.1) is 0 Å². The number of phosphoric ester groups is 1. The molecule has 16 nitrogen and oxygen atoms in total. The van der Waals surface area contributed by atoms with Crippen molar-refractivity contribution in [2.24, 2.45) is 0 Å². The van der Waals surface area contributed by atoms with Gasteiger partial charge in [-0.25, -0.2) is 28.8 Å². The molecule has 434 valence electrons. The number of carbonyl (C=O) groups excluding carboxylic acids is 6. The summed E-state index contributed by atoms with van der Waals surface area (Å²) in [5.41, 5.74) is 7.93. The molecule has 0 N–H and O–H groups in total. The van der Waals surface area contributed by atoms with E-state index in [-0.39, 0.29) is 56.9 Å². The van der Waals surface area contributed by atoms with Gasteiger partial charge in [0.15, 0.2) is 0 Å². The van der Waals surface area contributed by atoms with Crippen LogP contribution in [-0.2, 0) is 100 Å². The van der Waals surface area contributed by atoms with Crippen LogP contribution in [0.25, 0.3) is 0 Å². The van der Waals surface area contributed by atoms with Crippen molar-refractivity contribution in [1.82, 2.24) is 0 Å². The lowest BCUT2D eigenvalue weighted by Crippen LogP contribution is -2.12. The number of unbranched alkanes of at least 4 members (excludes halogenated alkanes) is 6. The second-order valence-electron chi connectivity index (χ2n) is 18.7. The number of carbonyl (C=O) groups is 6. The van der Waals surface area contributed by atoms with E-state index in [2.05, 4.69) is 39.5 Å². The SMILES string of the molecule is C=CC(=O)OCCCCc1ccc(OP(=O)(Oc2ccc(CCCCOC(=O)C=C)c(CCCCOC(=O)C=C)c2C)Oc2ccc(CCCCOC(=O)C=C)c(CCCCOC(=O)C=C)c2C)c(C)c1CCCCOC(=O)C=C. The van der Waals surface area contributed by atoms with Crippen LogP contribution in [0.2, 0.25) is 0 Å². The van der Waals surface area contributed by atoms with E-state index >= 15 is 4.57 Å². The Labute approximate surface area is 472 Å². The van der Waals surface area contributed by atoms with Gasteiger partial charge in [-0.3, -0.25) is 0 Å². The molecule has 0 spiro atoms. The smallest absolute Gasteiger partial charge is 0.463 e. The van der Waals surface area contributed by atoms with Gasteiger partial charge in [-0.1, -0.05) is 57.7 Å². The van der Waals surface area contributed by atoms with Crippen molar-refractivity contribution in [2.45, 2.75) is 136 Å². The molecule has 0 atom stereocenters. The summed E-state index contributed by atoms with van der Waals surface area (Å²) in [5, 5.41) is 0. The number of esters is 6. The molecule has 0 aromatic heterocycles. The maximum Gasteiger partial charge on any atom is 0.647 e. The van der Waals surface area contributed by atoms with E-state index in [0.29, 0.717) is 132 Å². The van der Waals surface area contributed by atoms with Crippen LogP contribution in [0.1, 0.15) is 127 Å². The lowest BCUT2D eigenvalue weighted by molar-refractivity contribution is -0.138. The summed E-state index contributed by atoms with van der Waals surface area (Å²) < 4.78 is 67.2. The average Bonchev–Trinajstić information content (AvgIpc) is 3.45. The van der Waals surface area contributed by atoms with Crippen LogP contribution in [-0.4, -0.2) is 75.5 Å². The van der Waals surface area contributed by atoms with Crippen molar-refractivity contribution in [3.63, 3.8) is 0 Å².